The van der Waals surface area contributed by atoms with Gasteiger partial charge in [0, 0.05) is 37.8 Å². The zero-order valence-corrected chi connectivity index (χ0v) is 18.3. The summed E-state index contributed by atoms with van der Waals surface area (Å²) in [4.78, 5) is 27.1. The lowest BCUT2D eigenvalue weighted by Crippen LogP contribution is -2.58. The molecule has 1 fully saturated rings. The lowest BCUT2D eigenvalue weighted by Gasteiger charge is -2.46. The quantitative estimate of drug-likeness (QED) is 0.423. The van der Waals surface area contributed by atoms with Crippen LogP contribution in [-0.4, -0.2) is 62.8 Å². The van der Waals surface area contributed by atoms with Crippen LogP contribution < -0.4 is 5.32 Å². The number of rotatable bonds is 7. The smallest absolute Gasteiger partial charge is 0.276 e. The summed E-state index contributed by atoms with van der Waals surface area (Å²) in [7, 11) is 0. The minimum Gasteiger partial charge on any atom is -0.507 e. The molecule has 0 saturated carbocycles. The van der Waals surface area contributed by atoms with Crippen LogP contribution in [0.1, 0.15) is 25.3 Å². The van der Waals surface area contributed by atoms with Crippen LogP contribution in [0, 0.1) is 18.2 Å². The van der Waals surface area contributed by atoms with Gasteiger partial charge in [0.2, 0.25) is 0 Å². The van der Waals surface area contributed by atoms with Gasteiger partial charge in [0.25, 0.3) is 11.8 Å². The first-order valence-electron chi connectivity index (χ1n) is 10.1. The number of aliphatic hydroxyl groups is 2. The van der Waals surface area contributed by atoms with Gasteiger partial charge in [-0.2, -0.15) is 5.01 Å². The van der Waals surface area contributed by atoms with E-state index in [1.54, 1.807) is 18.0 Å². The van der Waals surface area contributed by atoms with Crippen molar-refractivity contribution in [3.8, 4) is 12.3 Å². The maximum atomic E-state index is 14.1. The highest BCUT2D eigenvalue weighted by molar-refractivity contribution is 6.30. The minimum absolute atomic E-state index is 0.0752. The van der Waals surface area contributed by atoms with Gasteiger partial charge in [-0.15, -0.1) is 12.3 Å². The van der Waals surface area contributed by atoms with E-state index in [0.717, 1.165) is 0 Å². The number of terminal acetylenes is 1. The summed E-state index contributed by atoms with van der Waals surface area (Å²) < 4.78 is 14.1. The van der Waals surface area contributed by atoms with Crippen molar-refractivity contribution >= 4 is 23.4 Å². The van der Waals surface area contributed by atoms with Crippen LogP contribution in [0.2, 0.25) is 5.02 Å². The second kappa shape index (κ2) is 10.0. The number of amides is 2. The molecule has 2 aliphatic heterocycles. The Morgan fingerprint density at radius 2 is 2.19 bits per heavy atom. The number of aliphatic hydroxyl groups excluding tert-OH is 2. The first kappa shape index (κ1) is 23.6. The molecular weight excluding hydrogens is 439 g/mol. The average molecular weight is 463 g/mol. The summed E-state index contributed by atoms with van der Waals surface area (Å²) in [6, 6.07) is 4.41. The third-order valence-electron chi connectivity index (χ3n) is 5.27. The van der Waals surface area contributed by atoms with E-state index in [1.165, 1.54) is 28.2 Å². The summed E-state index contributed by atoms with van der Waals surface area (Å²) in [5.74, 6) is 0.0787. The molecule has 1 atom stereocenters. The molecule has 1 unspecified atom stereocenters. The van der Waals surface area contributed by atoms with Gasteiger partial charge < -0.3 is 20.4 Å². The maximum Gasteiger partial charge on any atom is 0.276 e. The lowest BCUT2D eigenvalue weighted by atomic mass is 10.0. The number of nitrogens with zero attached hydrogens (tertiary/aromatic N) is 3. The summed E-state index contributed by atoms with van der Waals surface area (Å²) in [6.07, 6.45) is 6.06. The first-order valence-corrected chi connectivity index (χ1v) is 10.5. The molecule has 0 radical (unpaired) electrons. The molecule has 10 heteroatoms. The Morgan fingerprint density at radius 1 is 1.44 bits per heavy atom. The number of carbonyl (C=O) groups is 2. The molecule has 3 rings (SSSR count). The van der Waals surface area contributed by atoms with Gasteiger partial charge in [-0.1, -0.05) is 23.7 Å². The van der Waals surface area contributed by atoms with Gasteiger partial charge in [0.15, 0.2) is 11.5 Å². The van der Waals surface area contributed by atoms with Crippen LogP contribution in [0.15, 0.2) is 41.4 Å². The van der Waals surface area contributed by atoms with Crippen LogP contribution in [0.5, 0.6) is 0 Å². The zero-order valence-electron chi connectivity index (χ0n) is 17.5. The van der Waals surface area contributed by atoms with E-state index in [4.69, 9.17) is 18.0 Å². The molecule has 8 nitrogen and oxygen atoms in total. The number of hydrogen-bond acceptors (Lipinski definition) is 6. The fraction of sp³-hybridized carbons (Fsp3) is 0.364. The molecule has 1 aromatic rings. The monoisotopic (exact) mass is 462 g/mol. The molecular formula is C22H24ClFN4O4. The molecule has 2 aliphatic rings. The third kappa shape index (κ3) is 4.58. The summed E-state index contributed by atoms with van der Waals surface area (Å²) in [5, 5.41) is 26.7. The van der Waals surface area contributed by atoms with Crippen molar-refractivity contribution in [3.63, 3.8) is 0 Å². The number of unbranched alkanes of at least 4 members (excludes halogenated alkanes) is 1. The predicted molar refractivity (Wildman–Crippen MR) is 116 cm³/mol. The van der Waals surface area contributed by atoms with Crippen molar-refractivity contribution in [1.82, 2.24) is 20.2 Å². The number of likely N-dealkylation sites (N-methyl/N-ethyl adjacent to an activating group) is 1. The van der Waals surface area contributed by atoms with E-state index >= 15 is 0 Å². The molecule has 32 heavy (non-hydrogen) atoms. The molecule has 0 aliphatic carbocycles. The highest BCUT2D eigenvalue weighted by atomic mass is 35.5. The second-order valence-electron chi connectivity index (χ2n) is 7.30. The molecule has 0 aromatic heterocycles. The summed E-state index contributed by atoms with van der Waals surface area (Å²) in [5.41, 5.74) is -0.142. The minimum atomic E-state index is -1.71. The molecule has 2 amide bonds. The number of fused-ring (bicyclic) bond motifs is 1. The fourth-order valence-corrected chi connectivity index (χ4v) is 3.70. The van der Waals surface area contributed by atoms with E-state index in [0.29, 0.717) is 25.9 Å². The fourth-order valence-electron chi connectivity index (χ4n) is 3.50. The third-order valence-corrected chi connectivity index (χ3v) is 5.56. The predicted octanol–water partition coefficient (Wildman–Crippen LogP) is 1.88. The van der Waals surface area contributed by atoms with E-state index in [2.05, 4.69) is 11.2 Å². The van der Waals surface area contributed by atoms with Gasteiger partial charge in [-0.25, -0.2) is 4.39 Å². The largest absolute Gasteiger partial charge is 0.507 e. The topological polar surface area (TPSA) is 96.4 Å². The second-order valence-corrected chi connectivity index (χ2v) is 7.71. The van der Waals surface area contributed by atoms with Crippen molar-refractivity contribution < 1.29 is 24.2 Å². The number of hydrazine groups is 1. The summed E-state index contributed by atoms with van der Waals surface area (Å²) in [6.45, 7) is 2.70. The standard InChI is InChI=1S/C22H24ClFN4O4/c1-3-5-6-10-27-13-26(4-2)22(32)18-20(30)19(29)15(12-28(18)27)21(31)25-11-14-8-7-9-16(23)17(14)24/h1,7-9,12,19,29-30H,4-6,10-11,13H2,2H3,(H,25,31). The molecule has 1 saturated heterocycles. The van der Waals surface area contributed by atoms with E-state index in [1.807, 2.05) is 0 Å². The van der Waals surface area contributed by atoms with Crippen LogP contribution in [-0.2, 0) is 16.1 Å². The Kier molecular flexibility index (Phi) is 7.40. The van der Waals surface area contributed by atoms with Gasteiger partial charge in [-0.3, -0.25) is 14.6 Å². The van der Waals surface area contributed by atoms with Crippen molar-refractivity contribution in [1.29, 1.82) is 0 Å². The normalized spacial score (nSPS) is 18.9. The summed E-state index contributed by atoms with van der Waals surface area (Å²) >= 11 is 5.76. The van der Waals surface area contributed by atoms with Crippen molar-refractivity contribution in [3.05, 3.63) is 57.8 Å². The molecule has 170 valence electrons. The van der Waals surface area contributed by atoms with Crippen molar-refractivity contribution in [2.45, 2.75) is 32.4 Å². The van der Waals surface area contributed by atoms with Crippen LogP contribution in [0.25, 0.3) is 0 Å². The van der Waals surface area contributed by atoms with Crippen molar-refractivity contribution in [2.75, 3.05) is 19.8 Å². The maximum absolute atomic E-state index is 14.1. The molecule has 0 bridgehead atoms. The lowest BCUT2D eigenvalue weighted by molar-refractivity contribution is -0.146. The molecule has 0 spiro atoms. The van der Waals surface area contributed by atoms with Crippen LogP contribution in [0.4, 0.5) is 4.39 Å². The van der Waals surface area contributed by atoms with E-state index in [9.17, 15) is 24.2 Å². The number of benzene rings is 1. The van der Waals surface area contributed by atoms with Crippen molar-refractivity contribution in [2.24, 2.45) is 0 Å². The highest BCUT2D eigenvalue weighted by Gasteiger charge is 2.42. The first-order chi connectivity index (χ1) is 15.3. The Balaban J connectivity index is 1.85. The SMILES string of the molecule is C#CCCCN1CN(CC)C(=O)C2=C(O)C(O)C(C(=O)NCc3cccc(Cl)c3F)=CN21. The van der Waals surface area contributed by atoms with Crippen LogP contribution >= 0.6 is 11.6 Å². The van der Waals surface area contributed by atoms with E-state index < -0.39 is 29.5 Å². The van der Waals surface area contributed by atoms with Gasteiger partial charge in [-0.05, 0) is 19.4 Å². The van der Waals surface area contributed by atoms with E-state index in [-0.39, 0.29) is 35.1 Å². The van der Waals surface area contributed by atoms with Gasteiger partial charge in [0.1, 0.15) is 11.9 Å². The highest BCUT2D eigenvalue weighted by Crippen LogP contribution is 2.31. The Bertz CT molecular complexity index is 1020. The zero-order chi connectivity index (χ0) is 23.4. The van der Waals surface area contributed by atoms with Crippen LogP contribution in [0.3, 0.4) is 0 Å². The number of hydrogen-bond donors (Lipinski definition) is 3. The molecule has 3 N–H and O–H groups in total. The molecule has 2 heterocycles. The number of carbonyl (C=O) groups excluding carboxylic acids is 2. The number of halogens is 2. The Hall–Kier alpha value is -3.06. The molecule has 1 aromatic carbocycles. The van der Waals surface area contributed by atoms with Gasteiger partial charge >= 0.3 is 0 Å². The Labute approximate surface area is 190 Å². The number of nitrogens with one attached hydrogen (secondary N) is 1. The average Bonchev–Trinajstić information content (AvgIpc) is 2.78. The van der Waals surface area contributed by atoms with Gasteiger partial charge in [0.05, 0.1) is 17.3 Å². The Morgan fingerprint density at radius 3 is 2.88 bits per heavy atom.